The predicted octanol–water partition coefficient (Wildman–Crippen LogP) is 7.81. The number of fused-ring (bicyclic) bond motifs is 8. The highest BCUT2D eigenvalue weighted by atomic mass is 79.9. The fourth-order valence-corrected chi connectivity index (χ4v) is 6.62. The highest BCUT2D eigenvalue weighted by Gasteiger charge is 2.32. The largest absolute Gasteiger partial charge is 0.277 e. The average molecular weight is 544 g/mol. The molecule has 0 saturated carbocycles. The molecule has 7 rings (SSSR count). The predicted molar refractivity (Wildman–Crippen MR) is 157 cm³/mol. The second-order valence-corrected chi connectivity index (χ2v) is 11.4. The number of benzene rings is 5. The maximum absolute atomic E-state index is 11.8. The zero-order valence-corrected chi connectivity index (χ0v) is 22.0. The van der Waals surface area contributed by atoms with E-state index < -0.39 is 0 Å². The van der Waals surface area contributed by atoms with Gasteiger partial charge in [-0.1, -0.05) is 84.4 Å². The van der Waals surface area contributed by atoms with Gasteiger partial charge in [0.25, 0.3) is 5.69 Å². The van der Waals surface area contributed by atoms with Crippen molar-refractivity contribution in [1.82, 2.24) is 0 Å². The second-order valence-electron chi connectivity index (χ2n) is 10.4. The molecular weight excluding hydrogens is 522 g/mol. The number of nitrogens with zero attached hydrogens (tertiary/aromatic N) is 1. The number of nitro groups is 1. The van der Waals surface area contributed by atoms with E-state index in [2.05, 4.69) is 109 Å². The van der Waals surface area contributed by atoms with Crippen LogP contribution >= 0.6 is 15.9 Å². The van der Waals surface area contributed by atoms with Crippen molar-refractivity contribution in [3.8, 4) is 0 Å². The summed E-state index contributed by atoms with van der Waals surface area (Å²) in [5.41, 5.74) is 3.70. The summed E-state index contributed by atoms with van der Waals surface area (Å²) in [6.07, 6.45) is 6.52. The summed E-state index contributed by atoms with van der Waals surface area (Å²) in [7, 11) is 0. The van der Waals surface area contributed by atoms with Crippen LogP contribution in [0.25, 0.3) is 49.5 Å². The molecule has 0 unspecified atom stereocenters. The smallest absolute Gasteiger partial charge is 0.258 e. The van der Waals surface area contributed by atoms with E-state index in [1.54, 1.807) is 12.1 Å². The topological polar surface area (TPSA) is 43.1 Å². The Kier molecular flexibility index (Phi) is 4.64. The van der Waals surface area contributed by atoms with E-state index in [0.717, 1.165) is 15.6 Å². The van der Waals surface area contributed by atoms with E-state index in [9.17, 15) is 10.1 Å². The van der Waals surface area contributed by atoms with Crippen LogP contribution in [0.2, 0.25) is 0 Å². The molecule has 0 bridgehead atoms. The first-order valence-electron chi connectivity index (χ1n) is 12.3. The van der Waals surface area contributed by atoms with Gasteiger partial charge in [0.2, 0.25) is 0 Å². The van der Waals surface area contributed by atoms with Crippen LogP contribution in [-0.2, 0) is 0 Å². The standard InChI is InChI=1S/C33H22BrNO2/c1-33(2)18-21(27-16-22(34)11-12-31(27)35(36)37)14-20-13-19-15-29-25-9-5-3-7-23(25)24-8-4-6-10-26(24)30(29)17-28(19)32(20)33/h3-18H,1-2H3. The summed E-state index contributed by atoms with van der Waals surface area (Å²) >= 11 is 3.50. The van der Waals surface area contributed by atoms with Gasteiger partial charge in [0.15, 0.2) is 0 Å². The third-order valence-corrected chi connectivity index (χ3v) is 8.21. The molecule has 0 fully saturated rings. The van der Waals surface area contributed by atoms with E-state index >= 15 is 0 Å². The number of allylic oxidation sites excluding steroid dienone is 4. The van der Waals surface area contributed by atoms with Crippen LogP contribution in [-0.4, -0.2) is 4.92 Å². The zero-order chi connectivity index (χ0) is 25.5. The van der Waals surface area contributed by atoms with E-state index in [0.29, 0.717) is 5.56 Å². The van der Waals surface area contributed by atoms with Gasteiger partial charge in [-0.3, -0.25) is 10.1 Å². The van der Waals surface area contributed by atoms with E-state index in [4.69, 9.17) is 0 Å². The normalized spacial score (nSPS) is 15.8. The Morgan fingerprint density at radius 2 is 1.32 bits per heavy atom. The molecule has 0 spiro atoms. The van der Waals surface area contributed by atoms with Crippen molar-refractivity contribution in [3.63, 3.8) is 0 Å². The molecule has 0 aliphatic heterocycles. The average Bonchev–Trinajstić information content (AvgIpc) is 3.25. The fraction of sp³-hybridized carbons (Fsp3) is 0.0909. The maximum Gasteiger partial charge on any atom is 0.277 e. The highest BCUT2D eigenvalue weighted by molar-refractivity contribution is 9.10. The van der Waals surface area contributed by atoms with Crippen LogP contribution in [0.3, 0.4) is 0 Å². The van der Waals surface area contributed by atoms with E-state index in [-0.39, 0.29) is 16.0 Å². The summed E-state index contributed by atoms with van der Waals surface area (Å²) in [6.45, 7) is 4.40. The molecule has 0 aromatic heterocycles. The number of hydrogen-bond donors (Lipinski definition) is 0. The van der Waals surface area contributed by atoms with Gasteiger partial charge in [-0.25, -0.2) is 0 Å². The molecule has 2 aliphatic carbocycles. The Labute approximate surface area is 222 Å². The minimum absolute atomic E-state index is 0.115. The van der Waals surface area contributed by atoms with Gasteiger partial charge >= 0.3 is 0 Å². The minimum Gasteiger partial charge on any atom is -0.258 e. The highest BCUT2D eigenvalue weighted by Crippen LogP contribution is 2.45. The van der Waals surface area contributed by atoms with Crippen LogP contribution in [0.4, 0.5) is 5.69 Å². The Morgan fingerprint density at radius 3 is 1.95 bits per heavy atom. The van der Waals surface area contributed by atoms with Crippen molar-refractivity contribution in [2.45, 2.75) is 13.8 Å². The molecule has 0 saturated heterocycles. The molecule has 0 atom stereocenters. The van der Waals surface area contributed by atoms with Gasteiger partial charge in [-0.2, -0.15) is 0 Å². The second kappa shape index (κ2) is 7.74. The fourth-order valence-electron chi connectivity index (χ4n) is 6.26. The molecule has 0 N–H and O–H groups in total. The number of rotatable bonds is 2. The molecule has 0 heterocycles. The number of hydrogen-bond acceptors (Lipinski definition) is 2. The lowest BCUT2D eigenvalue weighted by Crippen LogP contribution is -2.28. The third kappa shape index (κ3) is 3.25. The number of halogens is 1. The van der Waals surface area contributed by atoms with Crippen LogP contribution in [0, 0.1) is 15.5 Å². The van der Waals surface area contributed by atoms with Gasteiger partial charge in [-0.05, 0) is 95.9 Å². The molecule has 37 heavy (non-hydrogen) atoms. The Morgan fingerprint density at radius 1 is 0.730 bits per heavy atom. The molecule has 5 aromatic carbocycles. The van der Waals surface area contributed by atoms with Gasteiger partial charge in [0.05, 0.1) is 10.5 Å². The molecule has 2 aliphatic rings. The van der Waals surface area contributed by atoms with Gasteiger partial charge in [0.1, 0.15) is 0 Å². The zero-order valence-electron chi connectivity index (χ0n) is 20.4. The summed E-state index contributed by atoms with van der Waals surface area (Å²) in [4.78, 5) is 11.5. The molecule has 0 radical (unpaired) electrons. The first kappa shape index (κ1) is 22.2. The lowest BCUT2D eigenvalue weighted by Gasteiger charge is -2.29. The quantitative estimate of drug-likeness (QED) is 0.129. The van der Waals surface area contributed by atoms with E-state index in [1.165, 1.54) is 48.3 Å². The monoisotopic (exact) mass is 543 g/mol. The van der Waals surface area contributed by atoms with Crippen LogP contribution < -0.4 is 10.4 Å². The van der Waals surface area contributed by atoms with Gasteiger partial charge in [0, 0.05) is 16.0 Å². The molecule has 4 heteroatoms. The Hall–Kier alpha value is -4.02. The molecule has 5 aromatic rings. The van der Waals surface area contributed by atoms with Crippen molar-refractivity contribution < 1.29 is 4.92 Å². The lowest BCUT2D eigenvalue weighted by molar-refractivity contribution is -0.385. The van der Waals surface area contributed by atoms with Crippen molar-refractivity contribution in [2.24, 2.45) is 5.41 Å². The van der Waals surface area contributed by atoms with Crippen molar-refractivity contribution >= 4 is 71.2 Å². The third-order valence-electron chi connectivity index (χ3n) is 7.72. The Balaban J connectivity index is 1.55. The first-order chi connectivity index (χ1) is 17.8. The van der Waals surface area contributed by atoms with Gasteiger partial charge < -0.3 is 0 Å². The Bertz CT molecular complexity index is 2050. The number of nitro benzene ring substituents is 1. The molecule has 178 valence electrons. The van der Waals surface area contributed by atoms with Crippen molar-refractivity contribution in [2.75, 3.05) is 0 Å². The van der Waals surface area contributed by atoms with Crippen LogP contribution in [0.1, 0.15) is 19.4 Å². The van der Waals surface area contributed by atoms with Crippen LogP contribution in [0.15, 0.2) is 101 Å². The summed E-state index contributed by atoms with van der Waals surface area (Å²) < 4.78 is 0.823. The van der Waals surface area contributed by atoms with Crippen molar-refractivity contribution in [1.29, 1.82) is 0 Å². The molecule has 3 nitrogen and oxygen atoms in total. The lowest BCUT2D eigenvalue weighted by atomic mass is 9.74. The van der Waals surface area contributed by atoms with Gasteiger partial charge in [-0.15, -0.1) is 0 Å². The summed E-state index contributed by atoms with van der Waals surface area (Å²) in [5, 5.41) is 21.8. The van der Waals surface area contributed by atoms with Crippen molar-refractivity contribution in [3.05, 3.63) is 127 Å². The first-order valence-corrected chi connectivity index (χ1v) is 13.1. The molecule has 0 amide bonds. The maximum atomic E-state index is 11.8. The minimum atomic E-state index is -0.308. The van der Waals surface area contributed by atoms with E-state index in [1.807, 2.05) is 6.07 Å². The summed E-state index contributed by atoms with van der Waals surface area (Å²) in [5.74, 6) is 0. The molecular formula is C33H22BrNO2. The van der Waals surface area contributed by atoms with Crippen LogP contribution in [0.5, 0.6) is 0 Å². The SMILES string of the molecule is CC1(C)C=C(c2cc(Br)ccc2[N+](=O)[O-])C=C2C=c3cc4c5ccccc5c5ccccc5c4cc3=C21. The summed E-state index contributed by atoms with van der Waals surface area (Å²) in [6, 6.07) is 27.1.